The van der Waals surface area contributed by atoms with E-state index in [-0.39, 0.29) is 0 Å². The van der Waals surface area contributed by atoms with E-state index in [0.29, 0.717) is 17.4 Å². The SMILES string of the molecule is CN[C@@H](CN(C)CC(C)(C)CN(C)C)C(C)C. The zero-order chi connectivity index (χ0) is 13.6. The summed E-state index contributed by atoms with van der Waals surface area (Å²) in [6.07, 6.45) is 0. The van der Waals surface area contributed by atoms with Gasteiger partial charge in [-0.25, -0.2) is 0 Å². The van der Waals surface area contributed by atoms with Crippen LogP contribution in [0.25, 0.3) is 0 Å². The van der Waals surface area contributed by atoms with Gasteiger partial charge in [-0.1, -0.05) is 27.7 Å². The first-order valence-electron chi connectivity index (χ1n) is 6.68. The van der Waals surface area contributed by atoms with Crippen molar-refractivity contribution in [1.29, 1.82) is 0 Å². The lowest BCUT2D eigenvalue weighted by atomic mass is 9.92. The van der Waals surface area contributed by atoms with Crippen LogP contribution < -0.4 is 5.32 Å². The Morgan fingerprint density at radius 1 is 1.06 bits per heavy atom. The third kappa shape index (κ3) is 7.74. The van der Waals surface area contributed by atoms with Gasteiger partial charge in [0.05, 0.1) is 0 Å². The number of likely N-dealkylation sites (N-methyl/N-ethyl adjacent to an activating group) is 2. The first-order valence-corrected chi connectivity index (χ1v) is 6.68. The average molecular weight is 243 g/mol. The molecule has 0 aliphatic heterocycles. The van der Waals surface area contributed by atoms with Gasteiger partial charge in [0.15, 0.2) is 0 Å². The topological polar surface area (TPSA) is 18.5 Å². The fourth-order valence-electron chi connectivity index (χ4n) is 2.67. The van der Waals surface area contributed by atoms with Crippen LogP contribution in [0.1, 0.15) is 27.7 Å². The van der Waals surface area contributed by atoms with Crippen LogP contribution in [0.4, 0.5) is 0 Å². The minimum atomic E-state index is 0.341. The number of nitrogens with zero attached hydrogens (tertiary/aromatic N) is 2. The molecular formula is C14H33N3. The van der Waals surface area contributed by atoms with Crippen molar-refractivity contribution in [3.05, 3.63) is 0 Å². The summed E-state index contributed by atoms with van der Waals surface area (Å²) < 4.78 is 0. The molecule has 0 aliphatic carbocycles. The number of rotatable bonds is 8. The van der Waals surface area contributed by atoms with E-state index < -0.39 is 0 Å². The smallest absolute Gasteiger partial charge is 0.0214 e. The van der Waals surface area contributed by atoms with Gasteiger partial charge in [-0.3, -0.25) is 0 Å². The van der Waals surface area contributed by atoms with Crippen LogP contribution in [0.2, 0.25) is 0 Å². The Labute approximate surface area is 109 Å². The predicted molar refractivity (Wildman–Crippen MR) is 77.5 cm³/mol. The molecule has 3 heteroatoms. The van der Waals surface area contributed by atoms with Gasteiger partial charge in [0.2, 0.25) is 0 Å². The van der Waals surface area contributed by atoms with Gasteiger partial charge in [0.1, 0.15) is 0 Å². The second-order valence-electron chi connectivity index (χ2n) is 6.74. The Kier molecular flexibility index (Phi) is 7.29. The van der Waals surface area contributed by atoms with Crippen molar-refractivity contribution in [2.24, 2.45) is 11.3 Å². The average Bonchev–Trinajstić information content (AvgIpc) is 2.10. The van der Waals surface area contributed by atoms with Crippen molar-refractivity contribution in [3.8, 4) is 0 Å². The molecule has 104 valence electrons. The van der Waals surface area contributed by atoms with Gasteiger partial charge in [0.25, 0.3) is 0 Å². The van der Waals surface area contributed by atoms with Gasteiger partial charge in [0, 0.05) is 25.7 Å². The standard InChI is InChI=1S/C14H33N3/c1-12(2)13(15-5)9-17(8)11-14(3,4)10-16(6)7/h12-13,15H,9-11H2,1-8H3/t13-/m0/s1. The lowest BCUT2D eigenvalue weighted by molar-refractivity contribution is 0.150. The molecular weight excluding hydrogens is 210 g/mol. The maximum Gasteiger partial charge on any atom is 0.0214 e. The third-order valence-corrected chi connectivity index (χ3v) is 3.13. The summed E-state index contributed by atoms with van der Waals surface area (Å²) in [5.41, 5.74) is 0.341. The Morgan fingerprint density at radius 3 is 1.94 bits per heavy atom. The molecule has 0 saturated heterocycles. The minimum absolute atomic E-state index is 0.341. The molecule has 1 N–H and O–H groups in total. The maximum absolute atomic E-state index is 3.41. The Morgan fingerprint density at radius 2 is 1.59 bits per heavy atom. The molecule has 0 heterocycles. The van der Waals surface area contributed by atoms with Crippen molar-refractivity contribution in [2.45, 2.75) is 33.7 Å². The summed E-state index contributed by atoms with van der Waals surface area (Å²) in [6.45, 7) is 12.6. The largest absolute Gasteiger partial charge is 0.315 e. The van der Waals surface area contributed by atoms with Crippen LogP contribution in [0.3, 0.4) is 0 Å². The van der Waals surface area contributed by atoms with E-state index in [4.69, 9.17) is 0 Å². The van der Waals surface area contributed by atoms with E-state index in [0.717, 1.165) is 19.6 Å². The molecule has 0 aromatic heterocycles. The van der Waals surface area contributed by atoms with Gasteiger partial charge >= 0.3 is 0 Å². The van der Waals surface area contributed by atoms with Crippen molar-refractivity contribution >= 4 is 0 Å². The van der Waals surface area contributed by atoms with Gasteiger partial charge in [-0.15, -0.1) is 0 Å². The van der Waals surface area contributed by atoms with Gasteiger partial charge in [-0.2, -0.15) is 0 Å². The van der Waals surface area contributed by atoms with E-state index in [2.05, 4.69) is 71.0 Å². The maximum atomic E-state index is 3.41. The number of hydrogen-bond donors (Lipinski definition) is 1. The van der Waals surface area contributed by atoms with Crippen molar-refractivity contribution in [3.63, 3.8) is 0 Å². The molecule has 0 aromatic rings. The highest BCUT2D eigenvalue weighted by Crippen LogP contribution is 2.17. The van der Waals surface area contributed by atoms with Crippen molar-refractivity contribution in [1.82, 2.24) is 15.1 Å². The zero-order valence-electron chi connectivity index (χ0n) is 13.2. The fourth-order valence-corrected chi connectivity index (χ4v) is 2.67. The second-order valence-corrected chi connectivity index (χ2v) is 6.74. The van der Waals surface area contributed by atoms with E-state index in [1.165, 1.54) is 0 Å². The lowest BCUT2D eigenvalue weighted by Crippen LogP contribution is -2.45. The lowest BCUT2D eigenvalue weighted by Gasteiger charge is -2.35. The van der Waals surface area contributed by atoms with Crippen LogP contribution in [-0.2, 0) is 0 Å². The Hall–Kier alpha value is -0.120. The highest BCUT2D eigenvalue weighted by atomic mass is 15.1. The molecule has 0 bridgehead atoms. The van der Waals surface area contributed by atoms with Gasteiger partial charge in [-0.05, 0) is 39.5 Å². The van der Waals surface area contributed by atoms with Crippen LogP contribution >= 0.6 is 0 Å². The van der Waals surface area contributed by atoms with E-state index in [1.807, 2.05) is 0 Å². The molecule has 0 fully saturated rings. The molecule has 0 radical (unpaired) electrons. The van der Waals surface area contributed by atoms with E-state index in [1.54, 1.807) is 0 Å². The summed E-state index contributed by atoms with van der Waals surface area (Å²) in [5, 5.41) is 3.41. The first kappa shape index (κ1) is 16.9. The molecule has 0 saturated carbocycles. The van der Waals surface area contributed by atoms with Gasteiger partial charge < -0.3 is 15.1 Å². The summed E-state index contributed by atoms with van der Waals surface area (Å²) in [5.74, 6) is 0.680. The van der Waals surface area contributed by atoms with Crippen molar-refractivity contribution < 1.29 is 0 Å². The highest BCUT2D eigenvalue weighted by molar-refractivity contribution is 4.78. The molecule has 0 aliphatic rings. The zero-order valence-corrected chi connectivity index (χ0v) is 13.2. The summed E-state index contributed by atoms with van der Waals surface area (Å²) >= 11 is 0. The predicted octanol–water partition coefficient (Wildman–Crippen LogP) is 1.75. The first-order chi connectivity index (χ1) is 7.68. The Balaban J connectivity index is 4.19. The molecule has 0 rings (SSSR count). The monoisotopic (exact) mass is 243 g/mol. The fraction of sp³-hybridized carbons (Fsp3) is 1.00. The number of hydrogen-bond acceptors (Lipinski definition) is 3. The van der Waals surface area contributed by atoms with Crippen molar-refractivity contribution in [2.75, 3.05) is 47.8 Å². The highest BCUT2D eigenvalue weighted by Gasteiger charge is 2.22. The van der Waals surface area contributed by atoms with Crippen LogP contribution in [-0.4, -0.2) is 63.7 Å². The molecule has 0 aromatic carbocycles. The molecule has 1 atom stereocenters. The molecule has 17 heavy (non-hydrogen) atoms. The van der Waals surface area contributed by atoms with Crippen LogP contribution in [0.15, 0.2) is 0 Å². The quantitative estimate of drug-likeness (QED) is 0.701. The normalized spacial score (nSPS) is 15.0. The summed E-state index contributed by atoms with van der Waals surface area (Å²) in [6, 6.07) is 0.579. The molecule has 0 amide bonds. The second kappa shape index (κ2) is 7.34. The number of nitrogens with one attached hydrogen (secondary N) is 1. The van der Waals surface area contributed by atoms with E-state index >= 15 is 0 Å². The third-order valence-electron chi connectivity index (χ3n) is 3.13. The molecule has 0 spiro atoms. The Bertz CT molecular complexity index is 200. The van der Waals surface area contributed by atoms with Crippen LogP contribution in [0.5, 0.6) is 0 Å². The van der Waals surface area contributed by atoms with Crippen LogP contribution in [0, 0.1) is 11.3 Å². The minimum Gasteiger partial charge on any atom is -0.315 e. The molecule has 3 nitrogen and oxygen atoms in total. The molecule has 0 unspecified atom stereocenters. The van der Waals surface area contributed by atoms with E-state index in [9.17, 15) is 0 Å². The summed E-state index contributed by atoms with van der Waals surface area (Å²) in [4.78, 5) is 4.72. The summed E-state index contributed by atoms with van der Waals surface area (Å²) in [7, 11) is 8.58.